The summed E-state index contributed by atoms with van der Waals surface area (Å²) >= 11 is 0. The van der Waals surface area contributed by atoms with E-state index in [2.05, 4.69) is 22.2 Å². The molecule has 0 atom stereocenters. The van der Waals surface area contributed by atoms with Gasteiger partial charge in [0.1, 0.15) is 5.82 Å². The molecule has 0 saturated carbocycles. The quantitative estimate of drug-likeness (QED) is 0.766. The van der Waals surface area contributed by atoms with Crippen LogP contribution in [0, 0.1) is 0 Å². The van der Waals surface area contributed by atoms with Crippen molar-refractivity contribution in [3.63, 3.8) is 0 Å². The van der Waals surface area contributed by atoms with Crippen LogP contribution in [0.4, 0.5) is 0 Å². The van der Waals surface area contributed by atoms with E-state index >= 15 is 0 Å². The van der Waals surface area contributed by atoms with Gasteiger partial charge in [0.05, 0.1) is 19.8 Å². The Morgan fingerprint density at radius 1 is 0.962 bits per heavy atom. The lowest BCUT2D eigenvalue weighted by molar-refractivity contribution is 0.0702. The number of hydrogen-bond donors (Lipinski definition) is 0. The van der Waals surface area contributed by atoms with Gasteiger partial charge in [0.15, 0.2) is 5.82 Å². The second-order valence-corrected chi connectivity index (χ2v) is 8.43. The second-order valence-electron chi connectivity index (χ2n) is 6.50. The molecule has 26 heavy (non-hydrogen) atoms. The number of ether oxygens (including phenoxy) is 1. The summed E-state index contributed by atoms with van der Waals surface area (Å²) in [7, 11) is -3.44. The van der Waals surface area contributed by atoms with Gasteiger partial charge in [-0.3, -0.25) is 0 Å². The summed E-state index contributed by atoms with van der Waals surface area (Å²) in [6.45, 7) is 3.13. The minimum atomic E-state index is -3.44. The molecule has 1 aromatic heterocycles. The van der Waals surface area contributed by atoms with Gasteiger partial charge in [-0.15, -0.1) is 0 Å². The van der Waals surface area contributed by atoms with Crippen LogP contribution in [-0.2, 0) is 34.3 Å². The van der Waals surface area contributed by atoms with Crippen molar-refractivity contribution in [2.24, 2.45) is 0 Å². The Hall–Kier alpha value is -1.81. The number of hydrogen-bond acceptors (Lipinski definition) is 5. The van der Waals surface area contributed by atoms with Crippen LogP contribution >= 0.6 is 0 Å². The van der Waals surface area contributed by atoms with Crippen LogP contribution in [-0.4, -0.2) is 71.2 Å². The van der Waals surface area contributed by atoms with E-state index < -0.39 is 10.2 Å². The molecule has 1 saturated heterocycles. The highest BCUT2D eigenvalue weighted by Gasteiger charge is 2.32. The smallest absolute Gasteiger partial charge is 0.282 e. The highest BCUT2D eigenvalue weighted by molar-refractivity contribution is 7.86. The van der Waals surface area contributed by atoms with Gasteiger partial charge >= 0.3 is 0 Å². The molecule has 0 radical (unpaired) electrons. The van der Waals surface area contributed by atoms with Gasteiger partial charge < -0.3 is 4.74 Å². The van der Waals surface area contributed by atoms with Crippen molar-refractivity contribution < 1.29 is 13.2 Å². The molecule has 140 valence electrons. The molecule has 8 nitrogen and oxygen atoms in total. The molecular formula is C17H23N5O3S. The van der Waals surface area contributed by atoms with Gasteiger partial charge in [0.25, 0.3) is 10.2 Å². The zero-order valence-corrected chi connectivity index (χ0v) is 15.4. The maximum Gasteiger partial charge on any atom is 0.282 e. The third kappa shape index (κ3) is 3.66. The fraction of sp³-hybridized carbons (Fsp3) is 0.529. The van der Waals surface area contributed by atoms with Crippen LogP contribution in [0.5, 0.6) is 0 Å². The molecule has 1 fully saturated rings. The average molecular weight is 377 g/mol. The Kier molecular flexibility index (Phi) is 5.03. The molecule has 0 bridgehead atoms. The summed E-state index contributed by atoms with van der Waals surface area (Å²) in [5, 5.41) is 4.59. The number of nitrogens with zero attached hydrogens (tertiary/aromatic N) is 5. The van der Waals surface area contributed by atoms with Crippen LogP contribution in [0.3, 0.4) is 0 Å². The Balaban J connectivity index is 1.44. The summed E-state index contributed by atoms with van der Waals surface area (Å²) < 4.78 is 35.8. The lowest BCUT2D eigenvalue weighted by Crippen LogP contribution is -2.49. The van der Waals surface area contributed by atoms with Gasteiger partial charge in [-0.1, -0.05) is 30.3 Å². The standard InChI is InChI=1S/C17H23N5O3S/c23-26(24,21-10-12-25-13-11-21)20-7-6-17-18-16(19-22(17)9-8-20)14-15-4-2-1-3-5-15/h1-5H,6-14H2. The van der Waals surface area contributed by atoms with E-state index in [0.29, 0.717) is 58.8 Å². The van der Waals surface area contributed by atoms with Gasteiger partial charge in [-0.2, -0.15) is 22.1 Å². The lowest BCUT2D eigenvalue weighted by atomic mass is 10.1. The molecule has 1 aromatic carbocycles. The van der Waals surface area contributed by atoms with Crippen molar-refractivity contribution in [2.45, 2.75) is 19.4 Å². The minimum Gasteiger partial charge on any atom is -0.379 e. The molecule has 4 rings (SSSR count). The number of aromatic nitrogens is 3. The molecule has 2 aliphatic heterocycles. The van der Waals surface area contributed by atoms with E-state index in [-0.39, 0.29) is 0 Å². The molecule has 9 heteroatoms. The highest BCUT2D eigenvalue weighted by Crippen LogP contribution is 2.16. The van der Waals surface area contributed by atoms with Crippen LogP contribution in [0.1, 0.15) is 17.2 Å². The summed E-state index contributed by atoms with van der Waals surface area (Å²) in [6.07, 6.45) is 1.27. The van der Waals surface area contributed by atoms with Gasteiger partial charge in [-0.05, 0) is 5.56 Å². The van der Waals surface area contributed by atoms with Crippen molar-refractivity contribution in [1.29, 1.82) is 0 Å². The zero-order chi connectivity index (χ0) is 18.0. The van der Waals surface area contributed by atoms with Gasteiger partial charge in [-0.25, -0.2) is 9.67 Å². The van der Waals surface area contributed by atoms with Crippen molar-refractivity contribution in [2.75, 3.05) is 39.4 Å². The number of morpholine rings is 1. The third-order valence-corrected chi connectivity index (χ3v) is 6.80. The Morgan fingerprint density at radius 2 is 1.69 bits per heavy atom. The number of rotatable bonds is 4. The van der Waals surface area contributed by atoms with E-state index in [0.717, 1.165) is 11.6 Å². The third-order valence-electron chi connectivity index (χ3n) is 4.77. The topological polar surface area (TPSA) is 80.6 Å². The van der Waals surface area contributed by atoms with E-state index in [9.17, 15) is 8.42 Å². The van der Waals surface area contributed by atoms with Crippen LogP contribution in [0.2, 0.25) is 0 Å². The summed E-state index contributed by atoms with van der Waals surface area (Å²) in [5.41, 5.74) is 1.17. The monoisotopic (exact) mass is 377 g/mol. The number of benzene rings is 1. The molecule has 0 unspecified atom stereocenters. The zero-order valence-electron chi connectivity index (χ0n) is 14.6. The molecule has 3 heterocycles. The van der Waals surface area contributed by atoms with Crippen LogP contribution < -0.4 is 0 Å². The lowest BCUT2D eigenvalue weighted by Gasteiger charge is -2.31. The van der Waals surface area contributed by atoms with E-state index in [1.807, 2.05) is 22.9 Å². The Morgan fingerprint density at radius 3 is 2.46 bits per heavy atom. The highest BCUT2D eigenvalue weighted by atomic mass is 32.2. The van der Waals surface area contributed by atoms with Crippen LogP contribution in [0.15, 0.2) is 30.3 Å². The maximum atomic E-state index is 12.8. The van der Waals surface area contributed by atoms with Crippen molar-refractivity contribution in [1.82, 2.24) is 23.4 Å². The first-order valence-electron chi connectivity index (χ1n) is 8.92. The average Bonchev–Trinajstić information content (AvgIpc) is 2.93. The maximum absolute atomic E-state index is 12.8. The van der Waals surface area contributed by atoms with Gasteiger partial charge in [0.2, 0.25) is 0 Å². The summed E-state index contributed by atoms with van der Waals surface area (Å²) in [4.78, 5) is 4.63. The molecule has 2 aromatic rings. The van der Waals surface area contributed by atoms with Crippen molar-refractivity contribution in [3.05, 3.63) is 47.5 Å². The predicted octanol–water partition coefficient (Wildman–Crippen LogP) is 0.304. The van der Waals surface area contributed by atoms with Crippen LogP contribution in [0.25, 0.3) is 0 Å². The first-order chi connectivity index (χ1) is 12.6. The predicted molar refractivity (Wildman–Crippen MR) is 95.9 cm³/mol. The Labute approximate surface area is 153 Å². The molecule has 0 aliphatic carbocycles. The summed E-state index contributed by atoms with van der Waals surface area (Å²) in [6, 6.07) is 10.1. The molecular weight excluding hydrogens is 354 g/mol. The second kappa shape index (κ2) is 7.43. The SMILES string of the molecule is O=S(=O)(N1CCOCC1)N1CCc2nc(Cc3ccccc3)nn2CC1. The normalized spacial score (nSPS) is 19.8. The fourth-order valence-electron chi connectivity index (χ4n) is 3.36. The largest absolute Gasteiger partial charge is 0.379 e. The van der Waals surface area contributed by atoms with E-state index in [1.165, 1.54) is 9.87 Å². The Bertz CT molecular complexity index is 821. The van der Waals surface area contributed by atoms with Crippen molar-refractivity contribution in [3.8, 4) is 0 Å². The summed E-state index contributed by atoms with van der Waals surface area (Å²) in [5.74, 6) is 1.64. The fourth-order valence-corrected chi connectivity index (χ4v) is 4.93. The molecule has 0 spiro atoms. The molecule has 2 aliphatic rings. The first kappa shape index (κ1) is 17.6. The molecule has 0 amide bonds. The van der Waals surface area contributed by atoms with Crippen molar-refractivity contribution >= 4 is 10.2 Å². The van der Waals surface area contributed by atoms with E-state index in [1.54, 1.807) is 4.31 Å². The number of fused-ring (bicyclic) bond motifs is 1. The van der Waals surface area contributed by atoms with E-state index in [4.69, 9.17) is 4.74 Å². The minimum absolute atomic E-state index is 0.417. The van der Waals surface area contributed by atoms with Gasteiger partial charge in [0, 0.05) is 39.0 Å². The first-order valence-corrected chi connectivity index (χ1v) is 10.3. The molecule has 0 N–H and O–H groups in total.